The molecule has 0 fully saturated rings. The number of hydrogen-bond donors (Lipinski definition) is 0. The number of alkyl halides is 2. The molecule has 1 aromatic heterocycles. The molecule has 1 heterocycles. The number of aromatic nitrogens is 2. The smallest absolute Gasteiger partial charge is 0.288 e. The Labute approximate surface area is 68.4 Å². The first kappa shape index (κ1) is 8.83. The highest BCUT2D eigenvalue weighted by Gasteiger charge is 2.26. The fourth-order valence-corrected chi connectivity index (χ4v) is 0.658. The molecule has 0 aliphatic rings. The van der Waals surface area contributed by atoms with E-state index in [1.165, 1.54) is 13.3 Å². The molecule has 0 aliphatic carbocycles. The van der Waals surface area contributed by atoms with Gasteiger partial charge >= 0.3 is 0 Å². The minimum Gasteiger partial charge on any atom is -0.480 e. The van der Waals surface area contributed by atoms with Crippen molar-refractivity contribution in [2.45, 2.75) is 12.8 Å². The van der Waals surface area contributed by atoms with Crippen LogP contribution in [0.1, 0.15) is 12.6 Å². The molecule has 1 aromatic rings. The summed E-state index contributed by atoms with van der Waals surface area (Å²) in [6.07, 6.45) is 2.29. The fourth-order valence-electron chi connectivity index (χ4n) is 0.658. The molecule has 0 saturated heterocycles. The van der Waals surface area contributed by atoms with Gasteiger partial charge in [0, 0.05) is 6.92 Å². The lowest BCUT2D eigenvalue weighted by molar-refractivity contribution is 0.0118. The highest BCUT2D eigenvalue weighted by Crippen LogP contribution is 2.25. The van der Waals surface area contributed by atoms with Gasteiger partial charge in [0.1, 0.15) is 5.69 Å². The summed E-state index contributed by atoms with van der Waals surface area (Å²) in [5, 5.41) is 0. The van der Waals surface area contributed by atoms with Gasteiger partial charge in [0.15, 0.2) is 0 Å². The zero-order valence-electron chi connectivity index (χ0n) is 6.71. The van der Waals surface area contributed by atoms with E-state index >= 15 is 0 Å². The first-order valence-corrected chi connectivity index (χ1v) is 3.28. The topological polar surface area (TPSA) is 35.0 Å². The molecule has 5 heteroatoms. The lowest BCUT2D eigenvalue weighted by Crippen LogP contribution is -2.10. The Hall–Kier alpha value is -1.26. The van der Waals surface area contributed by atoms with E-state index in [4.69, 9.17) is 0 Å². The van der Waals surface area contributed by atoms with Crippen LogP contribution in [0.25, 0.3) is 0 Å². The first-order valence-electron chi connectivity index (χ1n) is 3.28. The van der Waals surface area contributed by atoms with E-state index < -0.39 is 5.92 Å². The average Bonchev–Trinajstić information content (AvgIpc) is 2.03. The first-order chi connectivity index (χ1) is 5.54. The van der Waals surface area contributed by atoms with E-state index in [0.717, 1.165) is 13.1 Å². The zero-order valence-corrected chi connectivity index (χ0v) is 6.71. The average molecular weight is 174 g/mol. The summed E-state index contributed by atoms with van der Waals surface area (Å²) in [4.78, 5) is 7.08. The van der Waals surface area contributed by atoms with Crippen LogP contribution in [0, 0.1) is 0 Å². The van der Waals surface area contributed by atoms with Gasteiger partial charge < -0.3 is 4.74 Å². The van der Waals surface area contributed by atoms with Gasteiger partial charge in [0.25, 0.3) is 5.92 Å². The minimum atomic E-state index is -2.97. The van der Waals surface area contributed by atoms with Gasteiger partial charge in [0.2, 0.25) is 5.88 Å². The molecule has 0 aliphatic heterocycles. The Morgan fingerprint density at radius 1 is 1.42 bits per heavy atom. The van der Waals surface area contributed by atoms with Crippen molar-refractivity contribution in [3.05, 3.63) is 18.1 Å². The Morgan fingerprint density at radius 2 is 2.08 bits per heavy atom. The molecular weight excluding hydrogens is 166 g/mol. The van der Waals surface area contributed by atoms with Gasteiger partial charge in [-0.2, -0.15) is 8.78 Å². The predicted molar refractivity (Wildman–Crippen MR) is 38.2 cm³/mol. The van der Waals surface area contributed by atoms with Gasteiger partial charge in [-0.15, -0.1) is 0 Å². The third kappa shape index (κ3) is 1.87. The Morgan fingerprint density at radius 3 is 2.58 bits per heavy atom. The molecule has 0 saturated carbocycles. The van der Waals surface area contributed by atoms with Crippen molar-refractivity contribution in [2.75, 3.05) is 7.11 Å². The number of ether oxygens (including phenoxy) is 1. The van der Waals surface area contributed by atoms with E-state index in [9.17, 15) is 8.78 Å². The standard InChI is InChI=1S/C7H8F2N2O/c1-7(8,9)5-3-10-4-6(11-5)12-2/h3-4H,1-2H3. The van der Waals surface area contributed by atoms with Crippen molar-refractivity contribution in [2.24, 2.45) is 0 Å². The van der Waals surface area contributed by atoms with Crippen LogP contribution in [-0.4, -0.2) is 17.1 Å². The Balaban J connectivity index is 3.02. The number of nitrogens with zero attached hydrogens (tertiary/aromatic N) is 2. The maximum Gasteiger partial charge on any atom is 0.288 e. The van der Waals surface area contributed by atoms with Crippen molar-refractivity contribution >= 4 is 0 Å². The molecule has 3 nitrogen and oxygen atoms in total. The summed E-state index contributed by atoms with van der Waals surface area (Å²) >= 11 is 0. The summed E-state index contributed by atoms with van der Waals surface area (Å²) in [7, 11) is 1.35. The minimum absolute atomic E-state index is 0.0917. The highest BCUT2D eigenvalue weighted by atomic mass is 19.3. The highest BCUT2D eigenvalue weighted by molar-refractivity contribution is 5.11. The SMILES string of the molecule is COc1cncc(C(C)(F)F)n1. The molecule has 66 valence electrons. The van der Waals surface area contributed by atoms with Crippen LogP contribution in [0.5, 0.6) is 5.88 Å². The summed E-state index contributed by atoms with van der Waals surface area (Å²) in [6, 6.07) is 0. The number of methoxy groups -OCH3 is 1. The van der Waals surface area contributed by atoms with Crippen LogP contribution in [-0.2, 0) is 5.92 Å². The van der Waals surface area contributed by atoms with Crippen molar-refractivity contribution in [3.8, 4) is 5.88 Å². The van der Waals surface area contributed by atoms with Crippen molar-refractivity contribution in [1.29, 1.82) is 0 Å². The molecule has 0 unspecified atom stereocenters. The number of halogens is 2. The predicted octanol–water partition coefficient (Wildman–Crippen LogP) is 1.60. The third-order valence-corrected chi connectivity index (χ3v) is 1.27. The molecule has 1 rings (SSSR count). The second kappa shape index (κ2) is 3.00. The van der Waals surface area contributed by atoms with Gasteiger partial charge in [-0.3, -0.25) is 4.98 Å². The molecule has 0 N–H and O–H groups in total. The van der Waals surface area contributed by atoms with Gasteiger partial charge in [-0.1, -0.05) is 0 Å². The maximum absolute atomic E-state index is 12.6. The van der Waals surface area contributed by atoms with Gasteiger partial charge in [0.05, 0.1) is 19.5 Å². The molecule has 0 atom stereocenters. The molecule has 0 amide bonds. The monoisotopic (exact) mass is 174 g/mol. The van der Waals surface area contributed by atoms with Gasteiger partial charge in [-0.05, 0) is 0 Å². The second-order valence-electron chi connectivity index (χ2n) is 2.34. The molecule has 12 heavy (non-hydrogen) atoms. The van der Waals surface area contributed by atoms with Gasteiger partial charge in [-0.25, -0.2) is 4.98 Å². The van der Waals surface area contributed by atoms with Crippen LogP contribution in [0.2, 0.25) is 0 Å². The number of hydrogen-bond acceptors (Lipinski definition) is 3. The quantitative estimate of drug-likeness (QED) is 0.683. The van der Waals surface area contributed by atoms with Crippen molar-refractivity contribution in [1.82, 2.24) is 9.97 Å². The van der Waals surface area contributed by atoms with E-state index in [1.807, 2.05) is 0 Å². The van der Waals surface area contributed by atoms with E-state index in [0.29, 0.717) is 0 Å². The number of rotatable bonds is 2. The summed E-state index contributed by atoms with van der Waals surface area (Å²) < 4.78 is 29.9. The Bertz CT molecular complexity index is 272. The lowest BCUT2D eigenvalue weighted by Gasteiger charge is -2.08. The van der Waals surface area contributed by atoms with Crippen LogP contribution in [0.3, 0.4) is 0 Å². The fraction of sp³-hybridized carbons (Fsp3) is 0.429. The molecular formula is C7H8F2N2O. The summed E-state index contributed by atoms with van der Waals surface area (Å²) in [5.41, 5.74) is -0.387. The lowest BCUT2D eigenvalue weighted by atomic mass is 10.3. The third-order valence-electron chi connectivity index (χ3n) is 1.27. The molecule has 0 spiro atoms. The maximum atomic E-state index is 12.6. The van der Waals surface area contributed by atoms with Crippen molar-refractivity contribution in [3.63, 3.8) is 0 Å². The molecule has 0 radical (unpaired) electrons. The zero-order chi connectivity index (χ0) is 9.19. The second-order valence-corrected chi connectivity index (χ2v) is 2.34. The van der Waals surface area contributed by atoms with Crippen LogP contribution < -0.4 is 4.74 Å². The normalized spacial score (nSPS) is 11.3. The van der Waals surface area contributed by atoms with E-state index in [2.05, 4.69) is 14.7 Å². The largest absolute Gasteiger partial charge is 0.480 e. The summed E-state index contributed by atoms with van der Waals surface area (Å²) in [6.45, 7) is 0.760. The van der Waals surface area contributed by atoms with Crippen molar-refractivity contribution < 1.29 is 13.5 Å². The van der Waals surface area contributed by atoms with Crippen LogP contribution >= 0.6 is 0 Å². The Kier molecular flexibility index (Phi) is 2.21. The van der Waals surface area contributed by atoms with Crippen LogP contribution in [0.4, 0.5) is 8.78 Å². The van der Waals surface area contributed by atoms with Crippen LogP contribution in [0.15, 0.2) is 12.4 Å². The molecule has 0 aromatic carbocycles. The van der Waals surface area contributed by atoms with E-state index in [1.54, 1.807) is 0 Å². The van der Waals surface area contributed by atoms with E-state index in [-0.39, 0.29) is 11.6 Å². The summed E-state index contributed by atoms with van der Waals surface area (Å²) in [5.74, 6) is -2.88. The molecule has 0 bridgehead atoms.